The van der Waals surface area contributed by atoms with Crippen LogP contribution in [0.4, 0.5) is 0 Å². The van der Waals surface area contributed by atoms with Gasteiger partial charge in [-0.25, -0.2) is 4.98 Å². The molecule has 8 aromatic carbocycles. The van der Waals surface area contributed by atoms with E-state index < -0.39 is 202 Å². The summed E-state index contributed by atoms with van der Waals surface area (Å²) in [5.74, 6) is -2.17. The third-order valence-corrected chi connectivity index (χ3v) is 11.3. The van der Waals surface area contributed by atoms with Crippen molar-refractivity contribution in [1.82, 2.24) is 19.5 Å². The second-order valence-corrected chi connectivity index (χ2v) is 14.5. The Bertz CT molecular complexity index is 4940. The molecule has 0 spiro atoms. The Morgan fingerprint density at radius 1 is 0.404 bits per heavy atom. The molecular weight excluding hydrogens is 733 g/mol. The lowest BCUT2D eigenvalue weighted by Crippen LogP contribution is -2.06. The fourth-order valence-electron chi connectivity index (χ4n) is 6.81. The Morgan fingerprint density at radius 3 is 1.93 bits per heavy atom. The molecule has 266 valence electrons. The molecule has 0 aliphatic heterocycles. The van der Waals surface area contributed by atoms with Crippen LogP contribution in [0.15, 0.2) is 181 Å². The number of fused-ring (bicyclic) bond motifs is 10. The second-order valence-electron chi connectivity index (χ2n) is 12.5. The first-order valence-corrected chi connectivity index (χ1v) is 18.6. The van der Waals surface area contributed by atoms with Gasteiger partial charge in [0.15, 0.2) is 11.6 Å². The molecule has 12 rings (SSSR count). The van der Waals surface area contributed by atoms with Gasteiger partial charge < -0.3 is 0 Å². The average Bonchev–Trinajstić information content (AvgIpc) is 2.56. The van der Waals surface area contributed by atoms with E-state index in [0.717, 1.165) is 15.9 Å². The lowest BCUT2D eigenvalue weighted by molar-refractivity contribution is 0.954. The highest BCUT2D eigenvalue weighted by Crippen LogP contribution is 2.44. The molecule has 4 heterocycles. The summed E-state index contributed by atoms with van der Waals surface area (Å²) in [6, 6.07) is -9.54. The molecule has 0 aliphatic rings. The largest absolute Gasteiger partial charge is 0.278 e. The van der Waals surface area contributed by atoms with Gasteiger partial charge >= 0.3 is 0 Å². The Kier molecular flexibility index (Phi) is 3.64. The molecule has 6 heteroatoms. The van der Waals surface area contributed by atoms with Crippen LogP contribution in [0.1, 0.15) is 34.3 Å². The fraction of sp³-hybridized carbons (Fsp3) is 0. The standard InChI is InChI=1S/C51H30N4S2/c1-3-12-31(13-4-1)32-22-24-34(25-23-32)49-52-50(35-26-27-39-45(30-35)57-43-21-11-18-36(46(39)43)33-14-5-2-6-15-33)54-51(53-49)55-40-19-9-7-16-37(40)47-41(55)28-29-44-48(47)38-17-8-10-20-42(38)56-44/h1-30H/i2D,5D,6D,7D,8D,9D,10D,11D,14D,15D,16D,17D,18D,19D,20D,21D,22D,23D,24D,25D,26D,27D,28D,29D,30D. The first kappa shape index (κ1) is 16.2. The third-order valence-electron chi connectivity index (χ3n) is 9.26. The molecule has 4 nitrogen and oxygen atoms in total. The van der Waals surface area contributed by atoms with Gasteiger partial charge in [-0.15, -0.1) is 22.7 Å². The normalized spacial score (nSPS) is 18.0. The summed E-state index contributed by atoms with van der Waals surface area (Å²) in [5, 5.41) is -1.35. The zero-order valence-corrected chi connectivity index (χ0v) is 30.1. The van der Waals surface area contributed by atoms with Crippen molar-refractivity contribution >= 4 is 84.8 Å². The van der Waals surface area contributed by atoms with Gasteiger partial charge in [-0.3, -0.25) is 4.57 Å². The molecule has 0 saturated heterocycles. The number of thiophene rings is 2. The highest BCUT2D eigenvalue weighted by Gasteiger charge is 2.21. The van der Waals surface area contributed by atoms with Gasteiger partial charge in [0.05, 0.1) is 45.3 Å². The monoisotopic (exact) mass is 787 g/mol. The first-order chi connectivity index (χ1) is 38.7. The van der Waals surface area contributed by atoms with Crippen molar-refractivity contribution in [3.8, 4) is 51.0 Å². The van der Waals surface area contributed by atoms with Crippen LogP contribution < -0.4 is 0 Å². The van der Waals surface area contributed by atoms with E-state index >= 15 is 0 Å². The van der Waals surface area contributed by atoms with Crippen molar-refractivity contribution in [2.45, 2.75) is 0 Å². The second kappa shape index (κ2) is 12.8. The number of nitrogens with zero attached hydrogens (tertiary/aromatic N) is 4. The minimum Gasteiger partial charge on any atom is -0.278 e. The fourth-order valence-corrected chi connectivity index (χ4v) is 8.80. The molecule has 4 aromatic heterocycles. The van der Waals surface area contributed by atoms with Gasteiger partial charge in [0.2, 0.25) is 5.95 Å². The lowest BCUT2D eigenvalue weighted by atomic mass is 9.99. The number of aromatic nitrogens is 4. The summed E-state index contributed by atoms with van der Waals surface area (Å²) in [7, 11) is 0. The summed E-state index contributed by atoms with van der Waals surface area (Å²) in [6.07, 6.45) is 0. The zero-order valence-electron chi connectivity index (χ0n) is 53.5. The summed E-state index contributed by atoms with van der Waals surface area (Å²) in [4.78, 5) is 13.9. The van der Waals surface area contributed by atoms with Crippen molar-refractivity contribution in [1.29, 1.82) is 0 Å². The SMILES string of the molecule is [2H]c1c([2H])c([2H])c(-c2c([2H])c([2H])c([2H])c3sc4c([2H])c(-c5nc(-c6c([2H])c([2H])c(-c7ccccc7)c([2H])c6[2H])nc(-n6c7c([2H])c([2H])c([2H])c([2H])c7c7c8c(sc9c([2H])c([2H])c([2H])c([2H])c98)c([2H])c([2H])c76)n5)c([2H])c([2H])c4c23)c([2H])c1[2H]. The third kappa shape index (κ3) is 5.15. The van der Waals surface area contributed by atoms with Crippen LogP contribution in [0.5, 0.6) is 0 Å². The molecule has 0 fully saturated rings. The molecule has 12 aromatic rings. The minimum atomic E-state index is -0.862. The molecule has 0 unspecified atom stereocenters. The average molecular weight is 788 g/mol. The molecule has 0 radical (unpaired) electrons. The number of para-hydroxylation sites is 1. The van der Waals surface area contributed by atoms with Gasteiger partial charge in [-0.05, 0) is 58.5 Å². The molecule has 57 heavy (non-hydrogen) atoms. The number of hydrogen-bond acceptors (Lipinski definition) is 5. The molecule has 0 saturated carbocycles. The Morgan fingerprint density at radius 2 is 1.07 bits per heavy atom. The molecule has 0 aliphatic carbocycles. The highest BCUT2D eigenvalue weighted by atomic mass is 32.1. The van der Waals surface area contributed by atoms with E-state index in [-0.39, 0.29) is 56.7 Å². The summed E-state index contributed by atoms with van der Waals surface area (Å²) >= 11 is 1.39. The van der Waals surface area contributed by atoms with E-state index in [1.54, 1.807) is 30.3 Å². The van der Waals surface area contributed by atoms with E-state index in [0.29, 0.717) is 16.9 Å². The summed E-state index contributed by atoms with van der Waals surface area (Å²) in [5.41, 5.74) is -2.94. The Hall–Kier alpha value is -6.99. The van der Waals surface area contributed by atoms with Crippen LogP contribution >= 0.6 is 22.7 Å². The maximum atomic E-state index is 9.87. The van der Waals surface area contributed by atoms with Gasteiger partial charge in [0.25, 0.3) is 0 Å². The maximum Gasteiger partial charge on any atom is 0.238 e. The molecular formula is C51H30N4S2. The minimum absolute atomic E-state index is 0.0418. The molecule has 0 amide bonds. The number of benzene rings is 8. The summed E-state index contributed by atoms with van der Waals surface area (Å²) < 4.78 is 227. The predicted octanol–water partition coefficient (Wildman–Crippen LogP) is 14.4. The molecule has 0 bridgehead atoms. The smallest absolute Gasteiger partial charge is 0.238 e. The van der Waals surface area contributed by atoms with E-state index in [4.69, 9.17) is 24.2 Å². The van der Waals surface area contributed by atoms with Crippen molar-refractivity contribution < 1.29 is 34.3 Å². The van der Waals surface area contributed by atoms with Crippen LogP contribution in [0.25, 0.3) is 113 Å². The first-order valence-electron chi connectivity index (χ1n) is 29.5. The Balaban J connectivity index is 1.27. The Labute approximate surface area is 370 Å². The summed E-state index contributed by atoms with van der Waals surface area (Å²) in [6.45, 7) is 0. The zero-order chi connectivity index (χ0) is 59.2. The van der Waals surface area contributed by atoms with E-state index in [9.17, 15) is 15.1 Å². The van der Waals surface area contributed by atoms with Crippen LogP contribution in [0, 0.1) is 0 Å². The van der Waals surface area contributed by atoms with Gasteiger partial charge in [0.1, 0.15) is 0 Å². The molecule has 0 atom stereocenters. The van der Waals surface area contributed by atoms with E-state index in [2.05, 4.69) is 9.97 Å². The van der Waals surface area contributed by atoms with Gasteiger partial charge in [0, 0.05) is 62.2 Å². The topological polar surface area (TPSA) is 43.6 Å². The van der Waals surface area contributed by atoms with Gasteiger partial charge in [-0.1, -0.05) is 145 Å². The maximum absolute atomic E-state index is 9.87. The quantitative estimate of drug-likeness (QED) is 0.174. The van der Waals surface area contributed by atoms with Crippen molar-refractivity contribution in [3.05, 3.63) is 181 Å². The van der Waals surface area contributed by atoms with Crippen molar-refractivity contribution in [2.24, 2.45) is 0 Å². The van der Waals surface area contributed by atoms with E-state index in [1.807, 2.05) is 0 Å². The molecule has 0 N–H and O–H groups in total. The van der Waals surface area contributed by atoms with Crippen LogP contribution in [-0.2, 0) is 0 Å². The van der Waals surface area contributed by atoms with Crippen molar-refractivity contribution in [3.63, 3.8) is 0 Å². The highest BCUT2D eigenvalue weighted by molar-refractivity contribution is 7.26. The number of hydrogen-bond donors (Lipinski definition) is 0. The van der Waals surface area contributed by atoms with Crippen LogP contribution in [0.3, 0.4) is 0 Å². The predicted molar refractivity (Wildman–Crippen MR) is 242 cm³/mol. The van der Waals surface area contributed by atoms with Crippen LogP contribution in [-0.4, -0.2) is 19.5 Å². The van der Waals surface area contributed by atoms with E-state index in [1.165, 1.54) is 0 Å². The van der Waals surface area contributed by atoms with Crippen LogP contribution in [0.2, 0.25) is 0 Å². The lowest BCUT2D eigenvalue weighted by Gasteiger charge is -2.11. The number of rotatable bonds is 5. The van der Waals surface area contributed by atoms with Gasteiger partial charge in [-0.2, -0.15) is 9.97 Å². The van der Waals surface area contributed by atoms with Crippen molar-refractivity contribution in [2.75, 3.05) is 0 Å².